The SMILES string of the molecule is C1=CC(c2ccco2)=CC1. The third kappa shape index (κ3) is 0.798. The lowest BCUT2D eigenvalue weighted by Crippen LogP contribution is -1.69. The molecule has 1 heteroatoms. The Kier molecular flexibility index (Phi) is 1.21. The summed E-state index contributed by atoms with van der Waals surface area (Å²) in [6.07, 6.45) is 9.09. The molecule has 0 saturated carbocycles. The number of rotatable bonds is 1. The minimum absolute atomic E-state index is 0.966. The van der Waals surface area contributed by atoms with E-state index >= 15 is 0 Å². The highest BCUT2D eigenvalue weighted by atomic mass is 16.3. The second-order valence-corrected chi connectivity index (χ2v) is 2.27. The lowest BCUT2D eigenvalue weighted by molar-refractivity contribution is 0.554. The van der Waals surface area contributed by atoms with Crippen LogP contribution in [0.5, 0.6) is 0 Å². The van der Waals surface area contributed by atoms with Crippen molar-refractivity contribution in [3.8, 4) is 0 Å². The predicted molar refractivity (Wildman–Crippen MR) is 40.4 cm³/mol. The molecule has 0 radical (unpaired) electrons. The maximum Gasteiger partial charge on any atom is 0.133 e. The molecule has 0 fully saturated rings. The first-order chi connectivity index (χ1) is 4.97. The molecule has 0 amide bonds. The van der Waals surface area contributed by atoms with E-state index in [1.54, 1.807) is 6.26 Å². The summed E-state index contributed by atoms with van der Waals surface area (Å²) in [5, 5.41) is 0. The smallest absolute Gasteiger partial charge is 0.133 e. The highest BCUT2D eigenvalue weighted by Crippen LogP contribution is 2.21. The zero-order chi connectivity index (χ0) is 6.81. The van der Waals surface area contributed by atoms with Gasteiger partial charge in [0, 0.05) is 5.57 Å². The predicted octanol–water partition coefficient (Wildman–Crippen LogP) is 2.62. The molecule has 0 unspecified atom stereocenters. The number of hydrogen-bond acceptors (Lipinski definition) is 1. The summed E-state index contributed by atoms with van der Waals surface area (Å²) in [5.41, 5.74) is 1.20. The van der Waals surface area contributed by atoms with Gasteiger partial charge in [0.15, 0.2) is 0 Å². The van der Waals surface area contributed by atoms with Gasteiger partial charge in [0.25, 0.3) is 0 Å². The van der Waals surface area contributed by atoms with Crippen molar-refractivity contribution in [3.63, 3.8) is 0 Å². The minimum Gasteiger partial charge on any atom is -0.464 e. The fourth-order valence-electron chi connectivity index (χ4n) is 1.08. The fraction of sp³-hybridized carbons (Fsp3) is 0.111. The molecule has 1 aromatic heterocycles. The zero-order valence-electron chi connectivity index (χ0n) is 5.58. The average molecular weight is 132 g/mol. The molecule has 1 aliphatic carbocycles. The molecule has 1 aliphatic rings. The van der Waals surface area contributed by atoms with Crippen molar-refractivity contribution in [2.75, 3.05) is 0 Å². The van der Waals surface area contributed by atoms with E-state index in [2.05, 4.69) is 18.2 Å². The van der Waals surface area contributed by atoms with Crippen molar-refractivity contribution < 1.29 is 4.42 Å². The van der Waals surface area contributed by atoms with Crippen LogP contribution < -0.4 is 0 Å². The van der Waals surface area contributed by atoms with E-state index in [9.17, 15) is 0 Å². The van der Waals surface area contributed by atoms with Crippen molar-refractivity contribution in [2.24, 2.45) is 0 Å². The van der Waals surface area contributed by atoms with Crippen LogP contribution in [0.25, 0.3) is 5.57 Å². The standard InChI is InChI=1S/C9H8O/c1-2-5-8(4-1)9-6-3-7-10-9/h1,3-7H,2H2. The Morgan fingerprint density at radius 1 is 1.40 bits per heavy atom. The molecule has 1 nitrogen and oxygen atoms in total. The Hall–Kier alpha value is -1.24. The van der Waals surface area contributed by atoms with E-state index in [1.165, 1.54) is 5.57 Å². The molecular formula is C9H8O. The summed E-state index contributed by atoms with van der Waals surface area (Å²) in [7, 11) is 0. The summed E-state index contributed by atoms with van der Waals surface area (Å²) in [6.45, 7) is 0. The van der Waals surface area contributed by atoms with Gasteiger partial charge >= 0.3 is 0 Å². The van der Waals surface area contributed by atoms with Gasteiger partial charge in [-0.1, -0.05) is 18.2 Å². The minimum atomic E-state index is 0.966. The summed E-state index contributed by atoms with van der Waals surface area (Å²) in [6, 6.07) is 3.88. The molecule has 0 spiro atoms. The highest BCUT2D eigenvalue weighted by Gasteiger charge is 2.02. The van der Waals surface area contributed by atoms with Gasteiger partial charge in [-0.15, -0.1) is 0 Å². The van der Waals surface area contributed by atoms with Gasteiger partial charge in [-0.25, -0.2) is 0 Å². The first-order valence-electron chi connectivity index (χ1n) is 3.37. The van der Waals surface area contributed by atoms with Gasteiger partial charge in [-0.3, -0.25) is 0 Å². The maximum absolute atomic E-state index is 5.20. The molecule has 1 aromatic rings. The molecule has 0 bridgehead atoms. The van der Waals surface area contributed by atoms with Crippen LogP contribution in [-0.2, 0) is 0 Å². The van der Waals surface area contributed by atoms with Crippen molar-refractivity contribution in [2.45, 2.75) is 6.42 Å². The second kappa shape index (κ2) is 2.18. The van der Waals surface area contributed by atoms with Gasteiger partial charge in [-0.05, 0) is 18.6 Å². The maximum atomic E-state index is 5.20. The Labute approximate surface area is 59.7 Å². The van der Waals surface area contributed by atoms with Crippen LogP contribution >= 0.6 is 0 Å². The Morgan fingerprint density at radius 2 is 2.40 bits per heavy atom. The van der Waals surface area contributed by atoms with E-state index in [-0.39, 0.29) is 0 Å². The third-order valence-corrected chi connectivity index (χ3v) is 1.58. The van der Waals surface area contributed by atoms with E-state index in [0.717, 1.165) is 12.2 Å². The summed E-state index contributed by atoms with van der Waals surface area (Å²) in [4.78, 5) is 0. The summed E-state index contributed by atoms with van der Waals surface area (Å²) < 4.78 is 5.20. The van der Waals surface area contributed by atoms with Gasteiger partial charge in [0.05, 0.1) is 6.26 Å². The number of furan rings is 1. The van der Waals surface area contributed by atoms with Crippen molar-refractivity contribution >= 4 is 5.57 Å². The zero-order valence-corrected chi connectivity index (χ0v) is 5.58. The molecule has 0 aromatic carbocycles. The van der Waals surface area contributed by atoms with Gasteiger partial charge in [-0.2, -0.15) is 0 Å². The first kappa shape index (κ1) is 5.54. The Bertz CT molecular complexity index is 265. The molecule has 0 saturated heterocycles. The van der Waals surface area contributed by atoms with Gasteiger partial charge in [0.2, 0.25) is 0 Å². The lowest BCUT2D eigenvalue weighted by atomic mass is 10.2. The summed E-state index contributed by atoms with van der Waals surface area (Å²) >= 11 is 0. The molecule has 0 N–H and O–H groups in total. The van der Waals surface area contributed by atoms with Crippen molar-refractivity contribution in [3.05, 3.63) is 42.4 Å². The van der Waals surface area contributed by atoms with E-state index in [0.29, 0.717) is 0 Å². The van der Waals surface area contributed by atoms with Crippen LogP contribution in [0.1, 0.15) is 12.2 Å². The molecule has 50 valence electrons. The van der Waals surface area contributed by atoms with Crippen molar-refractivity contribution in [1.82, 2.24) is 0 Å². The molecular weight excluding hydrogens is 124 g/mol. The fourth-order valence-corrected chi connectivity index (χ4v) is 1.08. The molecule has 10 heavy (non-hydrogen) atoms. The second-order valence-electron chi connectivity index (χ2n) is 2.27. The van der Waals surface area contributed by atoms with Gasteiger partial charge < -0.3 is 4.42 Å². The van der Waals surface area contributed by atoms with Gasteiger partial charge in [0.1, 0.15) is 5.76 Å². The van der Waals surface area contributed by atoms with Crippen LogP contribution in [0.3, 0.4) is 0 Å². The monoisotopic (exact) mass is 132 g/mol. The molecule has 1 heterocycles. The average Bonchev–Trinajstić information content (AvgIpc) is 2.59. The largest absolute Gasteiger partial charge is 0.464 e. The molecule has 2 rings (SSSR count). The van der Waals surface area contributed by atoms with E-state index < -0.39 is 0 Å². The molecule has 0 atom stereocenters. The lowest BCUT2D eigenvalue weighted by Gasteiger charge is -1.89. The van der Waals surface area contributed by atoms with Crippen LogP contribution in [-0.4, -0.2) is 0 Å². The van der Waals surface area contributed by atoms with Crippen LogP contribution in [0, 0.1) is 0 Å². The normalized spacial score (nSPS) is 15.8. The van der Waals surface area contributed by atoms with Crippen LogP contribution in [0.4, 0.5) is 0 Å². The van der Waals surface area contributed by atoms with E-state index in [1.807, 2.05) is 12.1 Å². The van der Waals surface area contributed by atoms with E-state index in [4.69, 9.17) is 4.42 Å². The quantitative estimate of drug-likeness (QED) is 0.572. The Morgan fingerprint density at radius 3 is 3.00 bits per heavy atom. The van der Waals surface area contributed by atoms with Crippen LogP contribution in [0.2, 0.25) is 0 Å². The third-order valence-electron chi connectivity index (χ3n) is 1.58. The van der Waals surface area contributed by atoms with Crippen molar-refractivity contribution in [1.29, 1.82) is 0 Å². The number of hydrogen-bond donors (Lipinski definition) is 0. The first-order valence-corrected chi connectivity index (χ1v) is 3.37. The molecule has 0 aliphatic heterocycles. The Balaban J connectivity index is 2.36. The topological polar surface area (TPSA) is 13.1 Å². The highest BCUT2D eigenvalue weighted by molar-refractivity contribution is 5.72. The van der Waals surface area contributed by atoms with Crippen LogP contribution in [0.15, 0.2) is 41.0 Å². The summed E-state index contributed by atoms with van der Waals surface area (Å²) in [5.74, 6) is 0.966. The number of allylic oxidation sites excluding steroid dienone is 4.